The summed E-state index contributed by atoms with van der Waals surface area (Å²) >= 11 is 0. The van der Waals surface area contributed by atoms with E-state index >= 15 is 0 Å². The zero-order valence-electron chi connectivity index (χ0n) is 20.4. The molecule has 1 amide bonds. The number of benzene rings is 2. The number of nitrogens with zero attached hydrogens (tertiary/aromatic N) is 4. The number of hydrogen-bond acceptors (Lipinski definition) is 5. The number of nitrogens with one attached hydrogen (secondary N) is 1. The van der Waals surface area contributed by atoms with Gasteiger partial charge in [0.2, 0.25) is 0 Å². The summed E-state index contributed by atoms with van der Waals surface area (Å²) in [7, 11) is 1.81. The monoisotopic (exact) mass is 506 g/mol. The number of fused-ring (bicyclic) bond motifs is 3. The van der Waals surface area contributed by atoms with Gasteiger partial charge in [-0.2, -0.15) is 18.3 Å². The quantitative estimate of drug-likeness (QED) is 0.366. The largest absolute Gasteiger partial charge is 0.416 e. The maximum atomic E-state index is 13.1. The normalized spacial score (nSPS) is 15.6. The van der Waals surface area contributed by atoms with Crippen molar-refractivity contribution in [2.75, 3.05) is 10.6 Å². The first-order valence-corrected chi connectivity index (χ1v) is 11.7. The maximum absolute atomic E-state index is 13.1. The average Bonchev–Trinajstić information content (AvgIpc) is 3.26. The molecule has 1 aliphatic rings. The lowest BCUT2D eigenvalue weighted by Crippen LogP contribution is -2.28. The first-order chi connectivity index (χ1) is 17.5. The number of nitrogens with two attached hydrogens (primary N) is 1. The number of rotatable bonds is 4. The minimum Gasteiger partial charge on any atom is -0.384 e. The van der Waals surface area contributed by atoms with E-state index in [9.17, 15) is 18.0 Å². The van der Waals surface area contributed by atoms with E-state index in [1.807, 2.05) is 32.0 Å². The summed E-state index contributed by atoms with van der Waals surface area (Å²) in [6, 6.07) is 15.0. The zero-order valence-corrected chi connectivity index (χ0v) is 20.4. The van der Waals surface area contributed by atoms with Crippen LogP contribution in [0.25, 0.3) is 11.3 Å². The molecule has 2 atom stereocenters. The fraction of sp³-hybridized carbons (Fsp3) is 0.222. The van der Waals surface area contributed by atoms with Crippen molar-refractivity contribution in [1.82, 2.24) is 20.1 Å². The van der Waals surface area contributed by atoms with Gasteiger partial charge in [-0.05, 0) is 68.4 Å². The highest BCUT2D eigenvalue weighted by Gasteiger charge is 2.34. The molecule has 10 heteroatoms. The third kappa shape index (κ3) is 4.50. The van der Waals surface area contributed by atoms with Gasteiger partial charge in [0.1, 0.15) is 5.82 Å². The Kier molecular flexibility index (Phi) is 5.89. The summed E-state index contributed by atoms with van der Waals surface area (Å²) in [5.41, 5.74) is 9.84. The number of amides is 1. The lowest BCUT2D eigenvalue weighted by Gasteiger charge is -2.36. The van der Waals surface area contributed by atoms with Crippen LogP contribution >= 0.6 is 0 Å². The molecule has 5 rings (SSSR count). The van der Waals surface area contributed by atoms with Gasteiger partial charge in [-0.1, -0.05) is 6.07 Å². The van der Waals surface area contributed by atoms with E-state index in [1.54, 1.807) is 41.1 Å². The van der Waals surface area contributed by atoms with E-state index in [4.69, 9.17) is 5.73 Å². The molecule has 3 heterocycles. The van der Waals surface area contributed by atoms with Gasteiger partial charge in [0.25, 0.3) is 5.91 Å². The van der Waals surface area contributed by atoms with Crippen molar-refractivity contribution in [2.45, 2.75) is 32.1 Å². The fourth-order valence-corrected chi connectivity index (χ4v) is 4.68. The van der Waals surface area contributed by atoms with Crippen LogP contribution in [0.3, 0.4) is 0 Å². The molecule has 2 aromatic carbocycles. The molecular formula is C27H25F3N6O. The summed E-state index contributed by atoms with van der Waals surface area (Å²) in [6.07, 6.45) is -2.53. The molecule has 0 unspecified atom stereocenters. The minimum absolute atomic E-state index is 0.192. The summed E-state index contributed by atoms with van der Waals surface area (Å²) < 4.78 is 41.1. The van der Waals surface area contributed by atoms with Crippen molar-refractivity contribution in [3.05, 3.63) is 89.2 Å². The lowest BCUT2D eigenvalue weighted by molar-refractivity contribution is -0.137. The molecule has 190 valence electrons. The Hall–Kier alpha value is -4.34. The topological polar surface area (TPSA) is 89.1 Å². The summed E-state index contributed by atoms with van der Waals surface area (Å²) in [5.74, 6) is 0.0734. The first kappa shape index (κ1) is 24.4. The van der Waals surface area contributed by atoms with E-state index in [1.165, 1.54) is 12.1 Å². The lowest BCUT2D eigenvalue weighted by atomic mass is 9.92. The van der Waals surface area contributed by atoms with Crippen LogP contribution in [0.4, 0.5) is 30.4 Å². The molecule has 37 heavy (non-hydrogen) atoms. The van der Waals surface area contributed by atoms with E-state index in [0.29, 0.717) is 22.8 Å². The van der Waals surface area contributed by atoms with Gasteiger partial charge in [0.15, 0.2) is 0 Å². The highest BCUT2D eigenvalue weighted by molar-refractivity contribution is 5.98. The van der Waals surface area contributed by atoms with E-state index in [2.05, 4.69) is 15.4 Å². The standard InChI is InChI=1S/C27H25F3N6O/c1-15(22-5-4-6-24(31)33-22)32-26(37)17-7-12-23-20(13-17)25-21(14-35(3)34-25)16(2)36(23)19-10-8-18(9-11-19)27(28,29)30/h4-16H,1-3H3,(H2,31,33)(H,32,37)/t15-,16-/m0/s1. The van der Waals surface area contributed by atoms with Crippen LogP contribution in [0.5, 0.6) is 0 Å². The van der Waals surface area contributed by atoms with E-state index in [0.717, 1.165) is 34.6 Å². The molecule has 0 aliphatic carbocycles. The van der Waals surface area contributed by atoms with Crippen LogP contribution in [-0.4, -0.2) is 20.7 Å². The number of anilines is 3. The molecule has 3 N–H and O–H groups in total. The van der Waals surface area contributed by atoms with Crippen LogP contribution < -0.4 is 16.0 Å². The smallest absolute Gasteiger partial charge is 0.384 e. The first-order valence-electron chi connectivity index (χ1n) is 11.7. The number of pyridine rings is 1. The van der Waals surface area contributed by atoms with Gasteiger partial charge in [0, 0.05) is 35.6 Å². The Morgan fingerprint density at radius 1 is 1.11 bits per heavy atom. The van der Waals surface area contributed by atoms with Gasteiger partial charge in [-0.25, -0.2) is 4.98 Å². The van der Waals surface area contributed by atoms with Gasteiger partial charge < -0.3 is 16.0 Å². The molecule has 0 spiro atoms. The number of carbonyl (C=O) groups is 1. The molecule has 0 radical (unpaired) electrons. The molecule has 0 bridgehead atoms. The molecule has 7 nitrogen and oxygen atoms in total. The third-order valence-electron chi connectivity index (χ3n) is 6.52. The predicted molar refractivity (Wildman–Crippen MR) is 135 cm³/mol. The number of nitrogen functional groups attached to an aromatic ring is 1. The number of hydrogen-bond donors (Lipinski definition) is 2. The van der Waals surface area contributed by atoms with Gasteiger partial charge >= 0.3 is 6.18 Å². The second-order valence-electron chi connectivity index (χ2n) is 9.11. The minimum atomic E-state index is -4.42. The summed E-state index contributed by atoms with van der Waals surface area (Å²) in [5, 5.41) is 7.57. The third-order valence-corrected chi connectivity index (χ3v) is 6.52. The number of halogens is 3. The average molecular weight is 507 g/mol. The highest BCUT2D eigenvalue weighted by atomic mass is 19.4. The Morgan fingerprint density at radius 3 is 2.51 bits per heavy atom. The number of aromatic nitrogens is 3. The van der Waals surface area contributed by atoms with Gasteiger partial charge in [-0.3, -0.25) is 9.48 Å². The van der Waals surface area contributed by atoms with Crippen LogP contribution in [0.15, 0.2) is 66.9 Å². The van der Waals surface area contributed by atoms with Crippen molar-refractivity contribution < 1.29 is 18.0 Å². The zero-order chi connectivity index (χ0) is 26.5. The molecule has 4 aromatic rings. The summed E-state index contributed by atoms with van der Waals surface area (Å²) in [4.78, 5) is 19.4. The fourth-order valence-electron chi connectivity index (χ4n) is 4.68. The van der Waals surface area contributed by atoms with Gasteiger partial charge in [-0.15, -0.1) is 0 Å². The Morgan fingerprint density at radius 2 is 1.84 bits per heavy atom. The molecule has 0 saturated heterocycles. The SMILES string of the molecule is C[C@H](NC(=O)c1ccc2c(c1)-c1nn(C)cc1[C@H](C)N2c1ccc(C(F)(F)F)cc1)c1cccc(N)n1. The Bertz CT molecular complexity index is 1480. The Labute approximate surface area is 211 Å². The van der Waals surface area contributed by atoms with Crippen molar-refractivity contribution >= 4 is 23.1 Å². The molecule has 0 saturated carbocycles. The van der Waals surface area contributed by atoms with Crippen molar-refractivity contribution in [1.29, 1.82) is 0 Å². The van der Waals surface area contributed by atoms with Crippen molar-refractivity contribution in [3.8, 4) is 11.3 Å². The second-order valence-corrected chi connectivity index (χ2v) is 9.11. The second kappa shape index (κ2) is 8.95. The van der Waals surface area contributed by atoms with Gasteiger partial charge in [0.05, 0.1) is 34.7 Å². The van der Waals surface area contributed by atoms with Crippen LogP contribution in [0.2, 0.25) is 0 Å². The number of carbonyl (C=O) groups excluding carboxylic acids is 1. The molecule has 0 fully saturated rings. The molecule has 1 aliphatic heterocycles. The number of alkyl halides is 3. The van der Waals surface area contributed by atoms with E-state index in [-0.39, 0.29) is 18.0 Å². The van der Waals surface area contributed by atoms with Crippen LogP contribution in [0.1, 0.15) is 53.1 Å². The van der Waals surface area contributed by atoms with Crippen LogP contribution in [0, 0.1) is 0 Å². The van der Waals surface area contributed by atoms with E-state index < -0.39 is 11.7 Å². The molecule has 2 aromatic heterocycles. The molecular weight excluding hydrogens is 481 g/mol. The van der Waals surface area contributed by atoms with Crippen molar-refractivity contribution in [3.63, 3.8) is 0 Å². The predicted octanol–water partition coefficient (Wildman–Crippen LogP) is 5.79. The maximum Gasteiger partial charge on any atom is 0.416 e. The van der Waals surface area contributed by atoms with Crippen molar-refractivity contribution in [2.24, 2.45) is 7.05 Å². The number of aryl methyl sites for hydroxylation is 1. The Balaban J connectivity index is 1.52. The highest BCUT2D eigenvalue weighted by Crippen LogP contribution is 2.48. The summed E-state index contributed by atoms with van der Waals surface area (Å²) in [6.45, 7) is 3.80. The van der Waals surface area contributed by atoms with Crippen LogP contribution in [-0.2, 0) is 13.2 Å².